The summed E-state index contributed by atoms with van der Waals surface area (Å²) in [6.45, 7) is -0.306. The zero-order chi connectivity index (χ0) is 12.9. The molecule has 1 rings (SSSR count). The molecule has 0 atom stereocenters. The number of nitrogens with zero attached hydrogens (tertiary/aromatic N) is 2. The Morgan fingerprint density at radius 1 is 1.18 bits per heavy atom. The van der Waals surface area contributed by atoms with Gasteiger partial charge in [-0.25, -0.2) is 0 Å². The molecule has 0 unspecified atom stereocenters. The molecule has 0 spiro atoms. The summed E-state index contributed by atoms with van der Waals surface area (Å²) in [7, 11) is 2.78. The molecule has 1 heterocycles. The van der Waals surface area contributed by atoms with Gasteiger partial charge in [0.1, 0.15) is 0 Å². The summed E-state index contributed by atoms with van der Waals surface area (Å²) >= 11 is 0. The highest BCUT2D eigenvalue weighted by Gasteiger charge is 2.26. The van der Waals surface area contributed by atoms with Crippen molar-refractivity contribution in [1.29, 1.82) is 0 Å². The molecule has 96 valence electrons. The van der Waals surface area contributed by atoms with Crippen molar-refractivity contribution < 1.29 is 22.6 Å². The van der Waals surface area contributed by atoms with E-state index < -0.39 is 12.6 Å². The Balaban J connectivity index is 2.64. The van der Waals surface area contributed by atoms with E-state index in [1.165, 1.54) is 20.3 Å². The second kappa shape index (κ2) is 5.55. The largest absolute Gasteiger partial charge is 0.481 e. The highest BCUT2D eigenvalue weighted by Crippen LogP contribution is 2.20. The first-order valence-electron chi connectivity index (χ1n) is 4.72. The Bertz CT molecular complexity index is 349. The Kier molecular flexibility index (Phi) is 4.36. The van der Waals surface area contributed by atoms with Crippen molar-refractivity contribution in [3.05, 3.63) is 6.07 Å². The first-order valence-corrected chi connectivity index (χ1v) is 4.72. The molecule has 0 aromatic carbocycles. The van der Waals surface area contributed by atoms with E-state index in [1.807, 2.05) is 0 Å². The third-order valence-corrected chi connectivity index (χ3v) is 1.79. The minimum Gasteiger partial charge on any atom is -0.481 e. The molecular formula is C9H12F3N3O2. The third kappa shape index (κ3) is 4.75. The minimum absolute atomic E-state index is 0.0328. The van der Waals surface area contributed by atoms with Gasteiger partial charge >= 0.3 is 6.18 Å². The molecular weight excluding hydrogens is 239 g/mol. The van der Waals surface area contributed by atoms with Crippen molar-refractivity contribution in [3.8, 4) is 11.8 Å². The summed E-state index contributed by atoms with van der Waals surface area (Å²) in [6, 6.07) is 1.43. The van der Waals surface area contributed by atoms with Crippen molar-refractivity contribution in [1.82, 2.24) is 9.97 Å². The topological polar surface area (TPSA) is 56.3 Å². The summed E-state index contributed by atoms with van der Waals surface area (Å²) in [4.78, 5) is 7.66. The molecule has 5 nitrogen and oxygen atoms in total. The lowest BCUT2D eigenvalue weighted by molar-refractivity contribution is -0.131. The maximum absolute atomic E-state index is 11.9. The second-order valence-electron chi connectivity index (χ2n) is 3.07. The number of hydrogen-bond acceptors (Lipinski definition) is 5. The number of alkyl halides is 3. The van der Waals surface area contributed by atoms with Crippen LogP contribution >= 0.6 is 0 Å². The molecule has 0 saturated carbocycles. The number of halogens is 3. The Morgan fingerprint density at radius 3 is 2.12 bits per heavy atom. The minimum atomic E-state index is -4.21. The molecule has 0 fully saturated rings. The van der Waals surface area contributed by atoms with Crippen LogP contribution in [-0.2, 0) is 0 Å². The molecule has 1 aromatic rings. The molecule has 0 bridgehead atoms. The van der Waals surface area contributed by atoms with Crippen LogP contribution in [0.5, 0.6) is 11.8 Å². The Labute approximate surface area is 96.0 Å². The number of ether oxygens (including phenoxy) is 2. The van der Waals surface area contributed by atoms with Crippen molar-refractivity contribution >= 4 is 5.95 Å². The molecule has 0 aliphatic rings. The van der Waals surface area contributed by atoms with Gasteiger partial charge in [0.2, 0.25) is 17.7 Å². The zero-order valence-electron chi connectivity index (χ0n) is 9.34. The van der Waals surface area contributed by atoms with E-state index >= 15 is 0 Å². The molecule has 1 aromatic heterocycles. The van der Waals surface area contributed by atoms with Crippen molar-refractivity contribution in [3.63, 3.8) is 0 Å². The molecule has 0 aliphatic carbocycles. The van der Waals surface area contributed by atoms with E-state index in [0.29, 0.717) is 0 Å². The second-order valence-corrected chi connectivity index (χ2v) is 3.07. The summed E-state index contributed by atoms with van der Waals surface area (Å²) in [5.41, 5.74) is 0. The SMILES string of the molecule is COc1cc(OC)nc(NCCC(F)(F)F)n1. The van der Waals surface area contributed by atoms with Crippen LogP contribution in [0, 0.1) is 0 Å². The van der Waals surface area contributed by atoms with E-state index in [1.54, 1.807) is 0 Å². The van der Waals surface area contributed by atoms with Crippen LogP contribution in [0.15, 0.2) is 6.07 Å². The molecule has 0 radical (unpaired) electrons. The standard InChI is InChI=1S/C9H12F3N3O2/c1-16-6-5-7(17-2)15-8(14-6)13-4-3-9(10,11)12/h5H,3-4H2,1-2H3,(H,13,14,15). The summed E-state index contributed by atoms with van der Waals surface area (Å²) in [5.74, 6) is 0.461. The van der Waals surface area contributed by atoms with E-state index in [4.69, 9.17) is 9.47 Å². The quantitative estimate of drug-likeness (QED) is 0.865. The normalized spacial score (nSPS) is 11.1. The maximum atomic E-state index is 11.9. The first-order chi connectivity index (χ1) is 7.94. The summed E-state index contributed by atoms with van der Waals surface area (Å²) in [6.07, 6.45) is -5.17. The van der Waals surface area contributed by atoms with E-state index in [9.17, 15) is 13.2 Å². The monoisotopic (exact) mass is 251 g/mol. The van der Waals surface area contributed by atoms with Crippen molar-refractivity contribution in [2.24, 2.45) is 0 Å². The van der Waals surface area contributed by atoms with E-state index in [2.05, 4.69) is 15.3 Å². The third-order valence-electron chi connectivity index (χ3n) is 1.79. The van der Waals surface area contributed by atoms with E-state index in [-0.39, 0.29) is 24.3 Å². The van der Waals surface area contributed by atoms with Crippen LogP contribution in [0.1, 0.15) is 6.42 Å². The van der Waals surface area contributed by atoms with Gasteiger partial charge in [-0.1, -0.05) is 0 Å². The Hall–Kier alpha value is -1.73. The summed E-state index contributed by atoms with van der Waals surface area (Å²) in [5, 5.41) is 2.45. The molecule has 8 heteroatoms. The fraction of sp³-hybridized carbons (Fsp3) is 0.556. The highest BCUT2D eigenvalue weighted by molar-refractivity contribution is 5.33. The van der Waals surface area contributed by atoms with Gasteiger partial charge in [0.15, 0.2) is 0 Å². The lowest BCUT2D eigenvalue weighted by atomic mass is 10.4. The average Bonchev–Trinajstić information content (AvgIpc) is 2.26. The smallest absolute Gasteiger partial charge is 0.390 e. The van der Waals surface area contributed by atoms with Crippen LogP contribution in [-0.4, -0.2) is 36.9 Å². The molecule has 0 amide bonds. The van der Waals surface area contributed by atoms with Gasteiger partial charge in [-0.05, 0) is 0 Å². The van der Waals surface area contributed by atoms with Crippen LogP contribution in [0.2, 0.25) is 0 Å². The van der Waals surface area contributed by atoms with Gasteiger partial charge < -0.3 is 14.8 Å². The number of rotatable bonds is 5. The lowest BCUT2D eigenvalue weighted by Crippen LogP contribution is -2.16. The van der Waals surface area contributed by atoms with Crippen molar-refractivity contribution in [2.75, 3.05) is 26.1 Å². The van der Waals surface area contributed by atoms with Gasteiger partial charge in [-0.15, -0.1) is 0 Å². The molecule has 1 N–H and O–H groups in total. The van der Waals surface area contributed by atoms with Crippen LogP contribution in [0.4, 0.5) is 19.1 Å². The Morgan fingerprint density at radius 2 is 1.71 bits per heavy atom. The molecule has 17 heavy (non-hydrogen) atoms. The average molecular weight is 251 g/mol. The number of methoxy groups -OCH3 is 2. The fourth-order valence-electron chi connectivity index (χ4n) is 1.01. The lowest BCUT2D eigenvalue weighted by Gasteiger charge is -2.09. The number of aromatic nitrogens is 2. The van der Waals surface area contributed by atoms with Crippen molar-refractivity contribution in [2.45, 2.75) is 12.6 Å². The van der Waals surface area contributed by atoms with Crippen LogP contribution in [0.25, 0.3) is 0 Å². The fourth-order valence-corrected chi connectivity index (χ4v) is 1.01. The van der Waals surface area contributed by atoms with Gasteiger partial charge in [0.25, 0.3) is 0 Å². The molecule has 0 saturated heterocycles. The number of hydrogen-bond donors (Lipinski definition) is 1. The van der Waals surface area contributed by atoms with Gasteiger partial charge in [-0.3, -0.25) is 0 Å². The maximum Gasteiger partial charge on any atom is 0.390 e. The van der Waals surface area contributed by atoms with E-state index in [0.717, 1.165) is 0 Å². The van der Waals surface area contributed by atoms with Gasteiger partial charge in [-0.2, -0.15) is 23.1 Å². The first kappa shape index (κ1) is 13.3. The zero-order valence-corrected chi connectivity index (χ0v) is 9.34. The number of nitrogens with one attached hydrogen (secondary N) is 1. The van der Waals surface area contributed by atoms with Gasteiger partial charge in [0, 0.05) is 6.54 Å². The predicted octanol–water partition coefficient (Wildman–Crippen LogP) is 1.86. The predicted molar refractivity (Wildman–Crippen MR) is 54.3 cm³/mol. The summed E-state index contributed by atoms with van der Waals surface area (Å²) < 4.78 is 45.5. The highest BCUT2D eigenvalue weighted by atomic mass is 19.4. The molecule has 0 aliphatic heterocycles. The van der Waals surface area contributed by atoms with Crippen LogP contribution in [0.3, 0.4) is 0 Å². The number of anilines is 1. The van der Waals surface area contributed by atoms with Crippen LogP contribution < -0.4 is 14.8 Å². The van der Waals surface area contributed by atoms with Gasteiger partial charge in [0.05, 0.1) is 26.7 Å².